The Morgan fingerprint density at radius 3 is 2.48 bits per heavy atom. The van der Waals surface area contributed by atoms with Gasteiger partial charge in [-0.25, -0.2) is 4.79 Å². The number of anilines is 1. The summed E-state index contributed by atoms with van der Waals surface area (Å²) in [5.74, 6) is -0.110. The summed E-state index contributed by atoms with van der Waals surface area (Å²) in [5.41, 5.74) is 12.5. The number of nitrogens with two attached hydrogens (primary N) is 2. The molecule has 0 aliphatic heterocycles. The van der Waals surface area contributed by atoms with Crippen LogP contribution in [0.1, 0.15) is 38.2 Å². The number of urea groups is 1. The van der Waals surface area contributed by atoms with Gasteiger partial charge in [0.25, 0.3) is 0 Å². The Morgan fingerprint density at radius 1 is 1.26 bits per heavy atom. The normalized spacial score (nSPS) is 23.5. The fourth-order valence-electron chi connectivity index (χ4n) is 2.95. The third-order valence-corrected chi connectivity index (χ3v) is 4.26. The van der Waals surface area contributed by atoms with Crippen LogP contribution in [-0.4, -0.2) is 17.5 Å². The van der Waals surface area contributed by atoms with E-state index in [-0.39, 0.29) is 24.2 Å². The second kappa shape index (κ2) is 8.17. The molecule has 6 N–H and O–H groups in total. The van der Waals surface area contributed by atoms with Gasteiger partial charge in [0.15, 0.2) is 0 Å². The van der Waals surface area contributed by atoms with Crippen LogP contribution >= 0.6 is 12.4 Å². The minimum absolute atomic E-state index is 0. The lowest BCUT2D eigenvalue weighted by Gasteiger charge is -2.37. The molecule has 0 saturated heterocycles. The molecule has 3 amide bonds. The van der Waals surface area contributed by atoms with E-state index in [0.29, 0.717) is 12.2 Å². The molecule has 2 unspecified atom stereocenters. The summed E-state index contributed by atoms with van der Waals surface area (Å²) in [6.45, 7) is 2.41. The van der Waals surface area contributed by atoms with Crippen molar-refractivity contribution in [1.29, 1.82) is 0 Å². The van der Waals surface area contributed by atoms with E-state index in [9.17, 15) is 9.59 Å². The first-order valence-electron chi connectivity index (χ1n) is 7.60. The summed E-state index contributed by atoms with van der Waals surface area (Å²) in [6, 6.07) is 6.59. The van der Waals surface area contributed by atoms with Gasteiger partial charge in [-0.05, 0) is 37.5 Å². The van der Waals surface area contributed by atoms with E-state index in [2.05, 4.69) is 10.6 Å². The maximum Gasteiger partial charge on any atom is 0.316 e. The average Bonchev–Trinajstić information content (AvgIpc) is 2.45. The van der Waals surface area contributed by atoms with Crippen molar-refractivity contribution in [2.45, 2.75) is 44.7 Å². The third kappa shape index (κ3) is 5.41. The lowest BCUT2D eigenvalue weighted by Crippen LogP contribution is -2.52. The summed E-state index contributed by atoms with van der Waals surface area (Å²) in [6.07, 6.45) is 3.88. The highest BCUT2D eigenvalue weighted by atomic mass is 35.5. The number of rotatable bonds is 4. The zero-order valence-corrected chi connectivity index (χ0v) is 14.1. The first-order valence-corrected chi connectivity index (χ1v) is 7.60. The van der Waals surface area contributed by atoms with E-state index >= 15 is 0 Å². The van der Waals surface area contributed by atoms with Gasteiger partial charge in [-0.1, -0.05) is 25.0 Å². The van der Waals surface area contributed by atoms with Crippen LogP contribution in [0.2, 0.25) is 0 Å². The summed E-state index contributed by atoms with van der Waals surface area (Å²) in [5, 5.41) is 5.45. The van der Waals surface area contributed by atoms with Crippen LogP contribution in [0, 0.1) is 5.92 Å². The molecule has 1 fully saturated rings. The van der Waals surface area contributed by atoms with Crippen molar-refractivity contribution in [2.75, 3.05) is 5.32 Å². The summed E-state index contributed by atoms with van der Waals surface area (Å²) in [4.78, 5) is 23.1. The Hall–Kier alpha value is -1.79. The van der Waals surface area contributed by atoms with E-state index in [1.165, 1.54) is 0 Å². The highest BCUT2D eigenvalue weighted by Crippen LogP contribution is 2.31. The predicted octanol–water partition coefficient (Wildman–Crippen LogP) is 2.12. The van der Waals surface area contributed by atoms with E-state index in [1.54, 1.807) is 12.1 Å². The molecule has 1 aromatic rings. The third-order valence-electron chi connectivity index (χ3n) is 4.26. The fraction of sp³-hybridized carbons (Fsp3) is 0.500. The Bertz CT molecular complexity index is 546. The van der Waals surface area contributed by atoms with E-state index in [0.717, 1.165) is 31.2 Å². The van der Waals surface area contributed by atoms with Gasteiger partial charge in [-0.2, -0.15) is 0 Å². The molecule has 1 aliphatic carbocycles. The van der Waals surface area contributed by atoms with Gasteiger partial charge in [-0.3, -0.25) is 4.79 Å². The molecule has 0 heterocycles. The maximum atomic E-state index is 12.3. The highest BCUT2D eigenvalue weighted by Gasteiger charge is 2.37. The SMILES string of the molecule is CC1(N)CCCCC1C(=O)NCc1ccc(NC(N)=O)cc1.Cl. The number of hydrogen-bond acceptors (Lipinski definition) is 3. The van der Waals surface area contributed by atoms with Gasteiger partial charge in [0.05, 0.1) is 5.92 Å². The van der Waals surface area contributed by atoms with Crippen molar-refractivity contribution < 1.29 is 9.59 Å². The number of hydrogen-bond donors (Lipinski definition) is 4. The number of benzene rings is 1. The number of amides is 3. The van der Waals surface area contributed by atoms with Crippen molar-refractivity contribution in [3.63, 3.8) is 0 Å². The molecule has 0 radical (unpaired) electrons. The first-order chi connectivity index (χ1) is 10.4. The number of primary amides is 1. The van der Waals surface area contributed by atoms with Crippen LogP contribution < -0.4 is 22.1 Å². The Labute approximate surface area is 142 Å². The van der Waals surface area contributed by atoms with Crippen LogP contribution in [0.25, 0.3) is 0 Å². The second-order valence-corrected chi connectivity index (χ2v) is 6.21. The summed E-state index contributed by atoms with van der Waals surface area (Å²) >= 11 is 0. The maximum absolute atomic E-state index is 12.3. The Balaban J connectivity index is 0.00000264. The molecule has 1 aromatic carbocycles. The number of carbonyl (C=O) groups is 2. The first kappa shape index (κ1) is 19.3. The van der Waals surface area contributed by atoms with E-state index < -0.39 is 11.6 Å². The highest BCUT2D eigenvalue weighted by molar-refractivity contribution is 5.87. The van der Waals surface area contributed by atoms with Crippen LogP contribution in [0.5, 0.6) is 0 Å². The van der Waals surface area contributed by atoms with Gasteiger partial charge in [-0.15, -0.1) is 12.4 Å². The van der Waals surface area contributed by atoms with Gasteiger partial charge >= 0.3 is 6.03 Å². The molecule has 2 atom stereocenters. The lowest BCUT2D eigenvalue weighted by molar-refractivity contribution is -0.128. The predicted molar refractivity (Wildman–Crippen MR) is 93.3 cm³/mol. The summed E-state index contributed by atoms with van der Waals surface area (Å²) in [7, 11) is 0. The molecule has 0 spiro atoms. The molecule has 23 heavy (non-hydrogen) atoms. The molecule has 0 bridgehead atoms. The van der Waals surface area contributed by atoms with Crippen LogP contribution in [0.15, 0.2) is 24.3 Å². The Kier molecular flexibility index (Phi) is 6.84. The van der Waals surface area contributed by atoms with Crippen molar-refractivity contribution in [1.82, 2.24) is 5.32 Å². The molecule has 2 rings (SSSR count). The van der Waals surface area contributed by atoms with Crippen molar-refractivity contribution >= 4 is 30.0 Å². The number of nitrogens with one attached hydrogen (secondary N) is 2. The van der Waals surface area contributed by atoms with Crippen LogP contribution in [0.4, 0.5) is 10.5 Å². The standard InChI is InChI=1S/C16H24N4O2.ClH/c1-16(18)9-3-2-4-13(16)14(21)19-10-11-5-7-12(8-6-11)20-15(17)22;/h5-8,13H,2-4,9-10,18H2,1H3,(H,19,21)(H3,17,20,22);1H. The zero-order valence-electron chi connectivity index (χ0n) is 13.3. The van der Waals surface area contributed by atoms with E-state index in [1.807, 2.05) is 19.1 Å². The number of carbonyl (C=O) groups excluding carboxylic acids is 2. The van der Waals surface area contributed by atoms with Crippen molar-refractivity contribution in [2.24, 2.45) is 17.4 Å². The van der Waals surface area contributed by atoms with Crippen molar-refractivity contribution in [3.8, 4) is 0 Å². The smallest absolute Gasteiger partial charge is 0.316 e. The van der Waals surface area contributed by atoms with Gasteiger partial charge < -0.3 is 22.1 Å². The topological polar surface area (TPSA) is 110 Å². The summed E-state index contributed by atoms with van der Waals surface area (Å²) < 4.78 is 0. The lowest BCUT2D eigenvalue weighted by atomic mass is 9.74. The molecular weight excluding hydrogens is 316 g/mol. The molecule has 6 nitrogen and oxygen atoms in total. The molecule has 1 saturated carbocycles. The monoisotopic (exact) mass is 340 g/mol. The van der Waals surface area contributed by atoms with Crippen LogP contribution in [0.3, 0.4) is 0 Å². The molecule has 0 aromatic heterocycles. The minimum atomic E-state index is -0.597. The second-order valence-electron chi connectivity index (χ2n) is 6.21. The minimum Gasteiger partial charge on any atom is -0.352 e. The average molecular weight is 341 g/mol. The quantitative estimate of drug-likeness (QED) is 0.673. The molecule has 1 aliphatic rings. The zero-order chi connectivity index (χ0) is 16.2. The van der Waals surface area contributed by atoms with Gasteiger partial charge in [0.2, 0.25) is 5.91 Å². The largest absolute Gasteiger partial charge is 0.352 e. The van der Waals surface area contributed by atoms with E-state index in [4.69, 9.17) is 11.5 Å². The molecular formula is C16H25ClN4O2. The molecule has 128 valence electrons. The van der Waals surface area contributed by atoms with Crippen LogP contribution in [-0.2, 0) is 11.3 Å². The molecule has 7 heteroatoms. The van der Waals surface area contributed by atoms with Crippen molar-refractivity contribution in [3.05, 3.63) is 29.8 Å². The number of halogens is 1. The fourth-order valence-corrected chi connectivity index (χ4v) is 2.95. The van der Waals surface area contributed by atoms with Gasteiger partial charge in [0, 0.05) is 17.8 Å². The van der Waals surface area contributed by atoms with Gasteiger partial charge in [0.1, 0.15) is 0 Å². The Morgan fingerprint density at radius 2 is 1.91 bits per heavy atom.